The summed E-state index contributed by atoms with van der Waals surface area (Å²) >= 11 is 0. The van der Waals surface area contributed by atoms with Crippen LogP contribution in [0.3, 0.4) is 0 Å². The summed E-state index contributed by atoms with van der Waals surface area (Å²) in [4.78, 5) is 0. The Labute approximate surface area is 107 Å². The number of aryl methyl sites for hydroxylation is 2. The van der Waals surface area contributed by atoms with Crippen LogP contribution in [0.2, 0.25) is 0 Å². The highest BCUT2D eigenvalue weighted by atomic mass is 19.1. The molecule has 0 spiro atoms. The van der Waals surface area contributed by atoms with Crippen molar-refractivity contribution in [2.75, 3.05) is 5.32 Å². The van der Waals surface area contributed by atoms with Gasteiger partial charge in [-0.3, -0.25) is 4.68 Å². The van der Waals surface area contributed by atoms with Crippen molar-refractivity contribution < 1.29 is 4.39 Å². The van der Waals surface area contributed by atoms with E-state index in [-0.39, 0.29) is 5.82 Å². The summed E-state index contributed by atoms with van der Waals surface area (Å²) in [6, 6.07) is 5.19. The van der Waals surface area contributed by atoms with E-state index in [1.807, 2.05) is 30.1 Å². The molecule has 1 aromatic heterocycles. The average Bonchev–Trinajstić information content (AvgIpc) is 2.76. The lowest BCUT2D eigenvalue weighted by Gasteiger charge is -2.06. The molecule has 3 nitrogen and oxygen atoms in total. The van der Waals surface area contributed by atoms with Crippen LogP contribution in [0.15, 0.2) is 30.6 Å². The molecule has 1 N–H and O–H groups in total. The Balaban J connectivity index is 1.97. The minimum atomic E-state index is -0.212. The van der Waals surface area contributed by atoms with E-state index in [0.717, 1.165) is 24.1 Å². The van der Waals surface area contributed by atoms with Crippen molar-refractivity contribution in [1.29, 1.82) is 0 Å². The number of anilines is 1. The summed E-state index contributed by atoms with van der Waals surface area (Å²) in [5.41, 5.74) is 2.51. The van der Waals surface area contributed by atoms with Crippen LogP contribution < -0.4 is 5.32 Å². The first kappa shape index (κ1) is 12.6. The van der Waals surface area contributed by atoms with Gasteiger partial charge in [-0.05, 0) is 31.0 Å². The highest BCUT2D eigenvalue weighted by Gasteiger charge is 2.03. The van der Waals surface area contributed by atoms with Crippen LogP contribution in [0.4, 0.5) is 10.1 Å². The van der Waals surface area contributed by atoms with E-state index in [1.165, 1.54) is 6.07 Å². The lowest BCUT2D eigenvalue weighted by atomic mass is 10.2. The van der Waals surface area contributed by atoms with Crippen molar-refractivity contribution in [2.45, 2.75) is 33.4 Å². The monoisotopic (exact) mass is 247 g/mol. The van der Waals surface area contributed by atoms with Crippen LogP contribution in [0.25, 0.3) is 0 Å². The second-order valence-corrected chi connectivity index (χ2v) is 4.45. The Morgan fingerprint density at radius 1 is 1.39 bits per heavy atom. The van der Waals surface area contributed by atoms with Crippen LogP contribution >= 0.6 is 0 Å². The van der Waals surface area contributed by atoms with Gasteiger partial charge in [-0.15, -0.1) is 0 Å². The number of hydrogen-bond donors (Lipinski definition) is 1. The number of nitrogens with zero attached hydrogens (tertiary/aromatic N) is 2. The molecule has 0 fully saturated rings. The van der Waals surface area contributed by atoms with E-state index in [0.29, 0.717) is 12.2 Å². The van der Waals surface area contributed by atoms with Crippen LogP contribution in [0.5, 0.6) is 0 Å². The lowest BCUT2D eigenvalue weighted by Crippen LogP contribution is -2.01. The maximum atomic E-state index is 13.6. The standard InChI is InChI=1S/C14H18FN3/c1-3-6-18-10-12(9-17-18)8-16-14-5-4-11(2)7-13(14)15/h4-5,7,9-10,16H,3,6,8H2,1-2H3. The second-order valence-electron chi connectivity index (χ2n) is 4.45. The normalized spacial score (nSPS) is 10.6. The van der Waals surface area contributed by atoms with Gasteiger partial charge in [0.25, 0.3) is 0 Å². The summed E-state index contributed by atoms with van der Waals surface area (Å²) in [7, 11) is 0. The van der Waals surface area contributed by atoms with Crippen molar-refractivity contribution >= 4 is 5.69 Å². The van der Waals surface area contributed by atoms with E-state index in [1.54, 1.807) is 6.07 Å². The fourth-order valence-corrected chi connectivity index (χ4v) is 1.81. The molecule has 0 atom stereocenters. The molecule has 0 amide bonds. The van der Waals surface area contributed by atoms with Gasteiger partial charge in [0.2, 0.25) is 0 Å². The minimum absolute atomic E-state index is 0.212. The Bertz CT molecular complexity index is 520. The third kappa shape index (κ3) is 3.09. The van der Waals surface area contributed by atoms with Gasteiger partial charge in [0, 0.05) is 24.8 Å². The highest BCUT2D eigenvalue weighted by Crippen LogP contribution is 2.16. The van der Waals surface area contributed by atoms with Gasteiger partial charge in [-0.25, -0.2) is 4.39 Å². The Hall–Kier alpha value is -1.84. The molecule has 0 bridgehead atoms. The van der Waals surface area contributed by atoms with Crippen molar-refractivity contribution in [2.24, 2.45) is 0 Å². The van der Waals surface area contributed by atoms with Gasteiger partial charge in [0.05, 0.1) is 11.9 Å². The zero-order valence-electron chi connectivity index (χ0n) is 10.8. The first-order valence-electron chi connectivity index (χ1n) is 6.20. The number of benzene rings is 1. The summed E-state index contributed by atoms with van der Waals surface area (Å²) in [6.45, 7) is 5.49. The van der Waals surface area contributed by atoms with Gasteiger partial charge in [0.15, 0.2) is 0 Å². The van der Waals surface area contributed by atoms with Crippen molar-refractivity contribution in [3.8, 4) is 0 Å². The molecule has 2 rings (SSSR count). The van der Waals surface area contributed by atoms with E-state index >= 15 is 0 Å². The fourth-order valence-electron chi connectivity index (χ4n) is 1.81. The molecule has 0 saturated heterocycles. The van der Waals surface area contributed by atoms with E-state index in [9.17, 15) is 4.39 Å². The number of nitrogens with one attached hydrogen (secondary N) is 1. The van der Waals surface area contributed by atoms with Crippen LogP contribution in [0.1, 0.15) is 24.5 Å². The molecule has 0 aliphatic heterocycles. The number of hydrogen-bond acceptors (Lipinski definition) is 2. The molecule has 0 radical (unpaired) electrons. The van der Waals surface area contributed by atoms with Gasteiger partial charge >= 0.3 is 0 Å². The zero-order chi connectivity index (χ0) is 13.0. The maximum absolute atomic E-state index is 13.6. The predicted molar refractivity (Wildman–Crippen MR) is 71.0 cm³/mol. The molecule has 0 aliphatic rings. The Morgan fingerprint density at radius 2 is 2.22 bits per heavy atom. The molecular weight excluding hydrogens is 229 g/mol. The molecule has 1 aromatic carbocycles. The summed E-state index contributed by atoms with van der Waals surface area (Å²) in [5.74, 6) is -0.212. The van der Waals surface area contributed by atoms with E-state index in [2.05, 4.69) is 17.3 Å². The largest absolute Gasteiger partial charge is 0.378 e. The Morgan fingerprint density at radius 3 is 2.94 bits per heavy atom. The van der Waals surface area contributed by atoms with Gasteiger partial charge in [-0.2, -0.15) is 5.10 Å². The second kappa shape index (κ2) is 5.67. The van der Waals surface area contributed by atoms with Crippen molar-refractivity contribution in [3.63, 3.8) is 0 Å². The van der Waals surface area contributed by atoms with E-state index in [4.69, 9.17) is 0 Å². The molecule has 96 valence electrons. The quantitative estimate of drug-likeness (QED) is 0.878. The third-order valence-electron chi connectivity index (χ3n) is 2.75. The van der Waals surface area contributed by atoms with Crippen molar-refractivity contribution in [1.82, 2.24) is 9.78 Å². The average molecular weight is 247 g/mol. The van der Waals surface area contributed by atoms with Crippen molar-refractivity contribution in [3.05, 3.63) is 47.5 Å². The topological polar surface area (TPSA) is 29.9 Å². The summed E-state index contributed by atoms with van der Waals surface area (Å²) in [6.07, 6.45) is 4.86. The predicted octanol–water partition coefficient (Wildman–Crippen LogP) is 3.35. The maximum Gasteiger partial charge on any atom is 0.146 e. The van der Waals surface area contributed by atoms with E-state index < -0.39 is 0 Å². The van der Waals surface area contributed by atoms with Gasteiger partial charge in [0.1, 0.15) is 5.82 Å². The molecule has 0 saturated carbocycles. The first-order chi connectivity index (χ1) is 8.69. The lowest BCUT2D eigenvalue weighted by molar-refractivity contribution is 0.602. The smallest absolute Gasteiger partial charge is 0.146 e. The summed E-state index contributed by atoms with van der Waals surface area (Å²) < 4.78 is 15.5. The molecule has 2 aromatic rings. The summed E-state index contributed by atoms with van der Waals surface area (Å²) in [5, 5.41) is 7.32. The third-order valence-corrected chi connectivity index (χ3v) is 2.75. The highest BCUT2D eigenvalue weighted by molar-refractivity contribution is 5.46. The molecule has 0 unspecified atom stereocenters. The fraction of sp³-hybridized carbons (Fsp3) is 0.357. The minimum Gasteiger partial charge on any atom is -0.378 e. The molecule has 18 heavy (non-hydrogen) atoms. The Kier molecular flexibility index (Phi) is 3.97. The van der Waals surface area contributed by atoms with Gasteiger partial charge < -0.3 is 5.32 Å². The van der Waals surface area contributed by atoms with Crippen LogP contribution in [-0.4, -0.2) is 9.78 Å². The van der Waals surface area contributed by atoms with Gasteiger partial charge in [-0.1, -0.05) is 13.0 Å². The molecule has 0 aliphatic carbocycles. The SMILES string of the molecule is CCCn1cc(CNc2ccc(C)cc2F)cn1. The molecular formula is C14H18FN3. The zero-order valence-corrected chi connectivity index (χ0v) is 10.8. The van der Waals surface area contributed by atoms with Crippen LogP contribution in [-0.2, 0) is 13.1 Å². The number of halogens is 1. The molecule has 1 heterocycles. The van der Waals surface area contributed by atoms with Crippen LogP contribution in [0, 0.1) is 12.7 Å². The molecule has 4 heteroatoms. The number of rotatable bonds is 5. The first-order valence-corrected chi connectivity index (χ1v) is 6.20. The number of aromatic nitrogens is 2.